The summed E-state index contributed by atoms with van der Waals surface area (Å²) in [6.45, 7) is 7.44. The minimum absolute atomic E-state index is 0.373. The van der Waals surface area contributed by atoms with Crippen LogP contribution in [0.25, 0.3) is 12.2 Å². The van der Waals surface area contributed by atoms with Crippen molar-refractivity contribution in [2.75, 3.05) is 25.0 Å². The van der Waals surface area contributed by atoms with E-state index < -0.39 is 12.0 Å². The van der Waals surface area contributed by atoms with Crippen LogP contribution >= 0.6 is 0 Å². The van der Waals surface area contributed by atoms with Crippen LogP contribution in [-0.2, 0) is 13.5 Å². The second-order valence-corrected chi connectivity index (χ2v) is 7.64. The number of nitriles is 1. The van der Waals surface area contributed by atoms with E-state index in [2.05, 4.69) is 17.6 Å². The van der Waals surface area contributed by atoms with Gasteiger partial charge in [-0.15, -0.1) is 0 Å². The highest BCUT2D eigenvalue weighted by Gasteiger charge is 2.47. The predicted octanol–water partition coefficient (Wildman–Crippen LogP) is 2.73. The van der Waals surface area contributed by atoms with Gasteiger partial charge in [-0.25, -0.2) is 13.8 Å². The summed E-state index contributed by atoms with van der Waals surface area (Å²) in [5.74, 6) is -2.70. The summed E-state index contributed by atoms with van der Waals surface area (Å²) in [7, 11) is 3.88. The number of nitrogens with zero attached hydrogens (tertiary/aromatic N) is 5. The van der Waals surface area contributed by atoms with Gasteiger partial charge in [-0.1, -0.05) is 31.7 Å². The molecule has 0 spiro atoms. The molecule has 3 rings (SSSR count). The van der Waals surface area contributed by atoms with Gasteiger partial charge in [0.25, 0.3) is 5.92 Å². The molecule has 7 heteroatoms. The van der Waals surface area contributed by atoms with Gasteiger partial charge in [0.2, 0.25) is 0 Å². The minimum Gasteiger partial charge on any atom is -0.345 e. The second kappa shape index (κ2) is 8.41. The Balaban J connectivity index is 1.90. The van der Waals surface area contributed by atoms with Gasteiger partial charge in [-0.05, 0) is 36.6 Å². The molecule has 1 aliphatic rings. The fourth-order valence-corrected chi connectivity index (χ4v) is 3.75. The average molecular weight is 412 g/mol. The number of imidazole rings is 1. The number of hydrogen-bond acceptors (Lipinski definition) is 4. The zero-order valence-electron chi connectivity index (χ0n) is 17.9. The third kappa shape index (κ3) is 4.14. The number of likely N-dealkylation sites (tertiary alicyclic amines) is 1. The van der Waals surface area contributed by atoms with Crippen molar-refractivity contribution < 1.29 is 8.78 Å². The number of halogens is 2. The average Bonchev–Trinajstić information content (AvgIpc) is 3.05. The topological polar surface area (TPSA) is 48.1 Å². The maximum Gasteiger partial charge on any atom is 0.273 e. The molecule has 1 aliphatic heterocycles. The first kappa shape index (κ1) is 21.7. The molecule has 1 saturated heterocycles. The summed E-state index contributed by atoms with van der Waals surface area (Å²) in [5.41, 5.74) is 3.54. The van der Waals surface area contributed by atoms with Crippen LogP contribution < -0.4 is 15.6 Å². The van der Waals surface area contributed by atoms with Gasteiger partial charge in [0.15, 0.2) is 0 Å². The molecule has 158 valence electrons. The zero-order valence-corrected chi connectivity index (χ0v) is 17.9. The number of rotatable bonds is 6. The molecule has 0 amide bonds. The monoisotopic (exact) mass is 411 g/mol. The summed E-state index contributed by atoms with van der Waals surface area (Å²) in [4.78, 5) is 7.87. The maximum absolute atomic E-state index is 13.3. The molecule has 5 nitrogen and oxygen atoms in total. The Bertz CT molecular complexity index is 1100. The number of anilines is 1. The van der Waals surface area contributed by atoms with Crippen LogP contribution in [0.5, 0.6) is 0 Å². The Labute approximate surface area is 175 Å². The van der Waals surface area contributed by atoms with Crippen molar-refractivity contribution in [3.8, 4) is 6.07 Å². The molecule has 2 heterocycles. The minimum atomic E-state index is -2.70. The van der Waals surface area contributed by atoms with Gasteiger partial charge in [-0.3, -0.25) is 4.90 Å². The van der Waals surface area contributed by atoms with Crippen molar-refractivity contribution in [3.05, 3.63) is 58.6 Å². The van der Waals surface area contributed by atoms with Gasteiger partial charge in [0.05, 0.1) is 36.2 Å². The molecule has 1 unspecified atom stereocenters. The van der Waals surface area contributed by atoms with Crippen molar-refractivity contribution in [2.24, 2.45) is 7.05 Å². The normalized spacial score (nSPS) is 18.0. The van der Waals surface area contributed by atoms with Crippen molar-refractivity contribution >= 4 is 17.8 Å². The molecule has 0 saturated carbocycles. The van der Waals surface area contributed by atoms with E-state index in [-0.39, 0.29) is 13.1 Å². The van der Waals surface area contributed by atoms with E-state index in [9.17, 15) is 14.0 Å². The van der Waals surface area contributed by atoms with E-state index in [1.54, 1.807) is 6.33 Å². The molecule has 0 radical (unpaired) electrons. The van der Waals surface area contributed by atoms with Crippen molar-refractivity contribution in [2.45, 2.75) is 32.2 Å². The maximum atomic E-state index is 13.3. The molecule has 1 atom stereocenters. The van der Waals surface area contributed by atoms with E-state index in [4.69, 9.17) is 0 Å². The first-order chi connectivity index (χ1) is 14.2. The Kier molecular flexibility index (Phi) is 6.09. The van der Waals surface area contributed by atoms with Gasteiger partial charge in [0, 0.05) is 25.5 Å². The number of hydrogen-bond donors (Lipinski definition) is 0. The molecular weight excluding hydrogens is 384 g/mol. The summed E-state index contributed by atoms with van der Waals surface area (Å²) in [5, 5.41) is 11.4. The molecule has 1 fully saturated rings. The number of allylic oxidation sites excluding steroid dienone is 1. The zero-order chi connectivity index (χ0) is 22.1. The lowest BCUT2D eigenvalue weighted by molar-refractivity contribution is -0.139. The number of benzene rings is 1. The largest absolute Gasteiger partial charge is 0.345 e. The fraction of sp³-hybridized carbons (Fsp3) is 0.391. The van der Waals surface area contributed by atoms with Gasteiger partial charge < -0.3 is 9.47 Å². The van der Waals surface area contributed by atoms with Crippen LogP contribution in [-0.4, -0.2) is 40.5 Å². The second-order valence-electron chi connectivity index (χ2n) is 7.64. The van der Waals surface area contributed by atoms with Crippen LogP contribution in [0, 0.1) is 11.3 Å². The van der Waals surface area contributed by atoms with E-state index in [1.165, 1.54) is 4.90 Å². The van der Waals surface area contributed by atoms with Gasteiger partial charge in [-0.2, -0.15) is 5.26 Å². The molecule has 0 bridgehead atoms. The summed E-state index contributed by atoms with van der Waals surface area (Å²) in [6, 6.07) is 7.23. The molecule has 1 aromatic carbocycles. The van der Waals surface area contributed by atoms with Crippen molar-refractivity contribution in [1.29, 1.82) is 5.26 Å². The van der Waals surface area contributed by atoms with E-state index >= 15 is 0 Å². The Morgan fingerprint density at radius 2 is 2.13 bits per heavy atom. The lowest BCUT2D eigenvalue weighted by atomic mass is 9.97. The van der Waals surface area contributed by atoms with Crippen LogP contribution in [0.1, 0.15) is 31.0 Å². The number of alkyl halides is 2. The smallest absolute Gasteiger partial charge is 0.273 e. The first-order valence-electron chi connectivity index (χ1n) is 9.93. The Hall–Kier alpha value is -2.98. The van der Waals surface area contributed by atoms with Gasteiger partial charge in [0.1, 0.15) is 6.04 Å². The lowest BCUT2D eigenvalue weighted by Gasteiger charge is -2.41. The standard InChI is InChI=1S/C23H27F2N5/c1-6-17-11-18(22(12-26)30-13-23(24,25)14-30)8-9-20(17)29(5)16(3)10-21-19(7-2)27-15-28(21)4/h7-11,15,22H,3,6,13-14H2,1-2,4-5H3. The SMILES string of the molecule is C=C(C=c1c(=CC)ncn1C)N(C)c1ccc(C(C#N)N2CC(F)(F)C2)cc1CC. The Morgan fingerprint density at radius 3 is 2.70 bits per heavy atom. The molecular formula is C23H27F2N5. The van der Waals surface area contributed by atoms with Crippen LogP contribution in [0.15, 0.2) is 36.8 Å². The quantitative estimate of drug-likeness (QED) is 0.734. The van der Waals surface area contributed by atoms with E-state index in [0.717, 1.165) is 39.6 Å². The number of aromatic nitrogens is 2. The van der Waals surface area contributed by atoms with E-state index in [1.807, 2.05) is 67.8 Å². The first-order valence-corrected chi connectivity index (χ1v) is 9.93. The highest BCUT2D eigenvalue weighted by Crippen LogP contribution is 2.36. The molecule has 0 aliphatic carbocycles. The summed E-state index contributed by atoms with van der Waals surface area (Å²) in [6.07, 6.45) is 6.44. The fourth-order valence-electron chi connectivity index (χ4n) is 3.75. The lowest BCUT2D eigenvalue weighted by Crippen LogP contribution is -2.56. The van der Waals surface area contributed by atoms with Crippen LogP contribution in [0.4, 0.5) is 14.5 Å². The Morgan fingerprint density at radius 1 is 1.43 bits per heavy atom. The van der Waals surface area contributed by atoms with Gasteiger partial charge >= 0.3 is 0 Å². The predicted molar refractivity (Wildman–Crippen MR) is 115 cm³/mol. The van der Waals surface area contributed by atoms with Crippen LogP contribution in [0.3, 0.4) is 0 Å². The molecule has 30 heavy (non-hydrogen) atoms. The van der Waals surface area contributed by atoms with Crippen LogP contribution in [0.2, 0.25) is 0 Å². The summed E-state index contributed by atoms with van der Waals surface area (Å²) >= 11 is 0. The molecule has 1 aromatic heterocycles. The highest BCUT2D eigenvalue weighted by molar-refractivity contribution is 5.65. The van der Waals surface area contributed by atoms with Crippen molar-refractivity contribution in [1.82, 2.24) is 14.5 Å². The molecule has 2 aromatic rings. The molecule has 0 N–H and O–H groups in total. The van der Waals surface area contributed by atoms with Crippen molar-refractivity contribution in [3.63, 3.8) is 0 Å². The van der Waals surface area contributed by atoms with E-state index in [0.29, 0.717) is 0 Å². The third-order valence-corrected chi connectivity index (χ3v) is 5.54. The highest BCUT2D eigenvalue weighted by atomic mass is 19.3. The summed E-state index contributed by atoms with van der Waals surface area (Å²) < 4.78 is 28.5. The number of aryl methyl sites for hydroxylation is 2. The third-order valence-electron chi connectivity index (χ3n) is 5.54.